The van der Waals surface area contributed by atoms with Gasteiger partial charge in [-0.2, -0.15) is 0 Å². The summed E-state index contributed by atoms with van der Waals surface area (Å²) < 4.78 is 0. The fourth-order valence-corrected chi connectivity index (χ4v) is 3.67. The largest absolute Gasteiger partial charge is 0.343 e. The number of rotatable bonds is 6. The number of benzene rings is 2. The van der Waals surface area contributed by atoms with E-state index in [9.17, 15) is 19.7 Å². The fourth-order valence-electron chi connectivity index (χ4n) is 3.67. The minimum absolute atomic E-state index is 0.0532. The summed E-state index contributed by atoms with van der Waals surface area (Å²) >= 11 is 0. The van der Waals surface area contributed by atoms with Crippen LogP contribution in [0.3, 0.4) is 0 Å². The monoisotopic (exact) mass is 410 g/mol. The molecule has 8 heteroatoms. The maximum Gasteiger partial charge on any atom is 0.293 e. The summed E-state index contributed by atoms with van der Waals surface area (Å²) in [4.78, 5) is 37.4. The third-order valence-electron chi connectivity index (χ3n) is 5.35. The van der Waals surface area contributed by atoms with Gasteiger partial charge in [-0.3, -0.25) is 25.0 Å². The molecule has 1 aliphatic rings. The van der Waals surface area contributed by atoms with Crippen LogP contribution in [-0.4, -0.2) is 40.8 Å². The van der Waals surface area contributed by atoms with E-state index in [0.717, 1.165) is 24.0 Å². The molecule has 1 aliphatic heterocycles. The van der Waals surface area contributed by atoms with Gasteiger partial charge in [-0.1, -0.05) is 36.4 Å². The van der Waals surface area contributed by atoms with Crippen molar-refractivity contribution in [2.75, 3.05) is 18.4 Å². The highest BCUT2D eigenvalue weighted by atomic mass is 16.6. The number of hydrogen-bond donors (Lipinski definition) is 2. The van der Waals surface area contributed by atoms with E-state index in [1.54, 1.807) is 30.9 Å². The Morgan fingerprint density at radius 2 is 1.80 bits per heavy atom. The number of nitro benzene ring substituents is 1. The van der Waals surface area contributed by atoms with Gasteiger partial charge in [-0.25, -0.2) is 0 Å². The van der Waals surface area contributed by atoms with Crippen molar-refractivity contribution in [1.29, 1.82) is 0 Å². The lowest BCUT2D eigenvalue weighted by Crippen LogP contribution is -2.47. The van der Waals surface area contributed by atoms with Crippen LogP contribution in [0.4, 0.5) is 11.4 Å². The molecule has 2 aromatic carbocycles. The first-order chi connectivity index (χ1) is 14.3. The SMILES string of the molecule is CC(=O)N1CCC(N[C@H](C(=O)Nc2ccc(C)cc2[N+](=O)[O-])c2ccccc2)CC1. The molecule has 0 aromatic heterocycles. The van der Waals surface area contributed by atoms with E-state index in [1.807, 2.05) is 30.3 Å². The molecule has 0 spiro atoms. The van der Waals surface area contributed by atoms with Crippen LogP contribution >= 0.6 is 0 Å². The smallest absolute Gasteiger partial charge is 0.293 e. The standard InChI is InChI=1S/C22H26N4O4/c1-15-8-9-19(20(14-15)26(29)30)24-22(28)21(17-6-4-3-5-7-17)23-18-10-12-25(13-11-18)16(2)27/h3-9,14,18,21,23H,10-13H2,1-2H3,(H,24,28)/t21-/m0/s1. The molecule has 0 radical (unpaired) electrons. The van der Waals surface area contributed by atoms with E-state index in [4.69, 9.17) is 0 Å². The van der Waals surface area contributed by atoms with E-state index in [-0.39, 0.29) is 29.2 Å². The van der Waals surface area contributed by atoms with E-state index in [2.05, 4.69) is 10.6 Å². The summed E-state index contributed by atoms with van der Waals surface area (Å²) in [6, 6.07) is 13.4. The van der Waals surface area contributed by atoms with Gasteiger partial charge in [0.15, 0.2) is 0 Å². The molecule has 0 unspecified atom stereocenters. The van der Waals surface area contributed by atoms with E-state index >= 15 is 0 Å². The zero-order valence-electron chi connectivity index (χ0n) is 17.1. The summed E-state index contributed by atoms with van der Waals surface area (Å²) in [6.07, 6.45) is 1.47. The van der Waals surface area contributed by atoms with Crippen LogP contribution in [0.1, 0.15) is 36.9 Å². The zero-order chi connectivity index (χ0) is 21.7. The topological polar surface area (TPSA) is 105 Å². The third-order valence-corrected chi connectivity index (χ3v) is 5.35. The number of nitro groups is 1. The normalized spacial score (nSPS) is 15.5. The van der Waals surface area contributed by atoms with Crippen LogP contribution in [0, 0.1) is 17.0 Å². The maximum absolute atomic E-state index is 13.2. The average Bonchev–Trinajstić information content (AvgIpc) is 2.74. The van der Waals surface area contributed by atoms with Gasteiger partial charge in [0.05, 0.1) is 4.92 Å². The minimum Gasteiger partial charge on any atom is -0.343 e. The van der Waals surface area contributed by atoms with Gasteiger partial charge < -0.3 is 10.2 Å². The van der Waals surface area contributed by atoms with Crippen molar-refractivity contribution in [2.45, 2.75) is 38.8 Å². The Labute approximate surface area is 175 Å². The van der Waals surface area contributed by atoms with Crippen LogP contribution in [0.2, 0.25) is 0 Å². The Morgan fingerprint density at radius 1 is 1.13 bits per heavy atom. The minimum atomic E-state index is -0.666. The summed E-state index contributed by atoms with van der Waals surface area (Å²) in [6.45, 7) is 4.60. The molecule has 0 saturated carbocycles. The Kier molecular flexibility index (Phi) is 6.79. The van der Waals surface area contributed by atoms with Crippen LogP contribution in [0.15, 0.2) is 48.5 Å². The average molecular weight is 410 g/mol. The molecule has 2 amide bonds. The third kappa shape index (κ3) is 5.21. The first-order valence-electron chi connectivity index (χ1n) is 9.97. The number of hydrogen-bond acceptors (Lipinski definition) is 5. The molecule has 2 aromatic rings. The molecule has 30 heavy (non-hydrogen) atoms. The first-order valence-corrected chi connectivity index (χ1v) is 9.97. The van der Waals surface area contributed by atoms with Crippen molar-refractivity contribution < 1.29 is 14.5 Å². The fraction of sp³-hybridized carbons (Fsp3) is 0.364. The second kappa shape index (κ2) is 9.49. The van der Waals surface area contributed by atoms with Crippen molar-refractivity contribution in [3.63, 3.8) is 0 Å². The van der Waals surface area contributed by atoms with Crippen LogP contribution in [0.25, 0.3) is 0 Å². The Morgan fingerprint density at radius 3 is 2.40 bits per heavy atom. The van der Waals surface area contributed by atoms with Gasteiger partial charge in [0.2, 0.25) is 11.8 Å². The number of nitrogens with one attached hydrogen (secondary N) is 2. The van der Waals surface area contributed by atoms with Crippen molar-refractivity contribution in [1.82, 2.24) is 10.2 Å². The number of carbonyl (C=O) groups excluding carboxylic acids is 2. The highest BCUT2D eigenvalue weighted by molar-refractivity contribution is 5.97. The lowest BCUT2D eigenvalue weighted by molar-refractivity contribution is -0.384. The molecular weight excluding hydrogens is 384 g/mol. The summed E-state index contributed by atoms with van der Waals surface area (Å²) in [7, 11) is 0. The summed E-state index contributed by atoms with van der Waals surface area (Å²) in [5.74, 6) is -0.306. The van der Waals surface area contributed by atoms with Crippen molar-refractivity contribution in [3.05, 3.63) is 69.8 Å². The maximum atomic E-state index is 13.2. The predicted molar refractivity (Wildman–Crippen MR) is 114 cm³/mol. The van der Waals surface area contributed by atoms with E-state index in [1.165, 1.54) is 6.07 Å². The number of piperidine rings is 1. The van der Waals surface area contributed by atoms with Gasteiger partial charge in [-0.05, 0) is 37.0 Å². The van der Waals surface area contributed by atoms with Crippen molar-refractivity contribution in [2.24, 2.45) is 0 Å². The number of likely N-dealkylation sites (tertiary alicyclic amines) is 1. The molecule has 158 valence electrons. The first kappa shape index (κ1) is 21.4. The number of nitrogens with zero attached hydrogens (tertiary/aromatic N) is 2. The van der Waals surface area contributed by atoms with Gasteiger partial charge in [0, 0.05) is 32.1 Å². The quantitative estimate of drug-likeness (QED) is 0.562. The molecule has 1 heterocycles. The number of aryl methyl sites for hydroxylation is 1. The second-order valence-electron chi connectivity index (χ2n) is 7.56. The number of amides is 2. The van der Waals surface area contributed by atoms with Crippen molar-refractivity contribution in [3.8, 4) is 0 Å². The number of carbonyl (C=O) groups is 2. The van der Waals surface area contributed by atoms with E-state index < -0.39 is 11.0 Å². The lowest BCUT2D eigenvalue weighted by atomic mass is 10.00. The zero-order valence-corrected chi connectivity index (χ0v) is 17.1. The van der Waals surface area contributed by atoms with Gasteiger partial charge in [0.25, 0.3) is 5.69 Å². The number of anilines is 1. The van der Waals surface area contributed by atoms with Crippen LogP contribution in [-0.2, 0) is 9.59 Å². The summed E-state index contributed by atoms with van der Waals surface area (Å²) in [5.41, 5.74) is 1.56. The van der Waals surface area contributed by atoms with Gasteiger partial charge in [-0.15, -0.1) is 0 Å². The molecular formula is C22H26N4O4. The molecule has 3 rings (SSSR count). The van der Waals surface area contributed by atoms with Crippen LogP contribution < -0.4 is 10.6 Å². The summed E-state index contributed by atoms with van der Waals surface area (Å²) in [5, 5.41) is 17.5. The molecule has 1 atom stereocenters. The molecule has 0 aliphatic carbocycles. The predicted octanol–water partition coefficient (Wildman–Crippen LogP) is 3.18. The van der Waals surface area contributed by atoms with Gasteiger partial charge >= 0.3 is 0 Å². The molecule has 0 bridgehead atoms. The Bertz CT molecular complexity index is 924. The Hall–Kier alpha value is -3.26. The highest BCUT2D eigenvalue weighted by Crippen LogP contribution is 2.27. The van der Waals surface area contributed by atoms with E-state index in [0.29, 0.717) is 13.1 Å². The molecule has 1 fully saturated rings. The molecule has 8 nitrogen and oxygen atoms in total. The van der Waals surface area contributed by atoms with Crippen molar-refractivity contribution >= 4 is 23.2 Å². The second-order valence-corrected chi connectivity index (χ2v) is 7.56. The molecule has 2 N–H and O–H groups in total. The highest BCUT2D eigenvalue weighted by Gasteiger charge is 2.28. The Balaban J connectivity index is 1.79. The molecule has 1 saturated heterocycles. The van der Waals surface area contributed by atoms with Crippen LogP contribution in [0.5, 0.6) is 0 Å². The lowest BCUT2D eigenvalue weighted by Gasteiger charge is -2.34. The van der Waals surface area contributed by atoms with Gasteiger partial charge in [0.1, 0.15) is 11.7 Å².